The van der Waals surface area contributed by atoms with Crippen molar-refractivity contribution in [2.75, 3.05) is 5.32 Å². The van der Waals surface area contributed by atoms with Crippen LogP contribution in [0.4, 0.5) is 10.1 Å². The monoisotopic (exact) mass is 309 g/mol. The molecule has 3 aromatic rings. The van der Waals surface area contributed by atoms with E-state index in [9.17, 15) is 4.39 Å². The second-order valence-electron chi connectivity index (χ2n) is 4.30. The quantitative estimate of drug-likeness (QED) is 0.741. The maximum absolute atomic E-state index is 13.1. The number of hydrogen-bond donors (Lipinski definition) is 2. The number of halogens is 3. The highest BCUT2D eigenvalue weighted by atomic mass is 35.5. The third-order valence-corrected chi connectivity index (χ3v) is 3.52. The largest absolute Gasteiger partial charge is 0.375 e. The molecular weight excluding hydrogens is 300 g/mol. The lowest BCUT2D eigenvalue weighted by atomic mass is 10.3. The number of para-hydroxylation sites is 1. The summed E-state index contributed by atoms with van der Waals surface area (Å²) in [6.07, 6.45) is 0. The fraction of sp³-hybridized carbons (Fsp3) is 0.0714. The molecule has 3 nitrogen and oxygen atoms in total. The highest BCUT2D eigenvalue weighted by Gasteiger charge is 2.07. The van der Waals surface area contributed by atoms with E-state index in [1.165, 1.54) is 12.1 Å². The van der Waals surface area contributed by atoms with E-state index in [2.05, 4.69) is 15.3 Å². The zero-order valence-corrected chi connectivity index (χ0v) is 11.8. The average molecular weight is 310 g/mol. The number of H-pyrrole nitrogens is 1. The van der Waals surface area contributed by atoms with Crippen LogP contribution in [0.3, 0.4) is 0 Å². The SMILES string of the molecule is Fc1ccc2[nH]c(CNc3c(Cl)cccc3Cl)nc2c1. The maximum atomic E-state index is 13.1. The lowest BCUT2D eigenvalue weighted by Gasteiger charge is -2.08. The van der Waals surface area contributed by atoms with E-state index >= 15 is 0 Å². The molecule has 1 aromatic heterocycles. The number of benzene rings is 2. The van der Waals surface area contributed by atoms with Gasteiger partial charge in [0.15, 0.2) is 0 Å². The lowest BCUT2D eigenvalue weighted by Crippen LogP contribution is -2.02. The van der Waals surface area contributed by atoms with Crippen LogP contribution in [0.2, 0.25) is 10.0 Å². The molecule has 0 aliphatic rings. The first kappa shape index (κ1) is 13.2. The number of anilines is 1. The minimum absolute atomic E-state index is 0.308. The molecular formula is C14H10Cl2FN3. The lowest BCUT2D eigenvalue weighted by molar-refractivity contribution is 0.629. The summed E-state index contributed by atoms with van der Waals surface area (Å²) >= 11 is 12.1. The van der Waals surface area contributed by atoms with Gasteiger partial charge in [0.2, 0.25) is 0 Å². The van der Waals surface area contributed by atoms with Crippen molar-refractivity contribution >= 4 is 39.9 Å². The fourth-order valence-electron chi connectivity index (χ4n) is 1.95. The maximum Gasteiger partial charge on any atom is 0.126 e. The van der Waals surface area contributed by atoms with Crippen LogP contribution in [0, 0.1) is 5.82 Å². The van der Waals surface area contributed by atoms with E-state index in [1.54, 1.807) is 24.3 Å². The Balaban J connectivity index is 1.83. The Morgan fingerprint density at radius 1 is 1.15 bits per heavy atom. The second-order valence-corrected chi connectivity index (χ2v) is 5.11. The summed E-state index contributed by atoms with van der Waals surface area (Å²) in [6, 6.07) is 9.72. The average Bonchev–Trinajstić information content (AvgIpc) is 2.80. The molecule has 0 bridgehead atoms. The number of hydrogen-bond acceptors (Lipinski definition) is 2. The van der Waals surface area contributed by atoms with Crippen LogP contribution in [0.25, 0.3) is 11.0 Å². The van der Waals surface area contributed by atoms with Crippen LogP contribution in [0.15, 0.2) is 36.4 Å². The number of nitrogens with zero attached hydrogens (tertiary/aromatic N) is 1. The van der Waals surface area contributed by atoms with Gasteiger partial charge in [-0.2, -0.15) is 0 Å². The van der Waals surface area contributed by atoms with Crippen LogP contribution >= 0.6 is 23.2 Å². The van der Waals surface area contributed by atoms with Crippen molar-refractivity contribution in [2.45, 2.75) is 6.54 Å². The number of fused-ring (bicyclic) bond motifs is 1. The normalized spacial score (nSPS) is 10.9. The van der Waals surface area contributed by atoms with Crippen molar-refractivity contribution in [3.8, 4) is 0 Å². The molecule has 0 aliphatic carbocycles. The molecule has 2 aromatic carbocycles. The van der Waals surface area contributed by atoms with Crippen molar-refractivity contribution in [2.24, 2.45) is 0 Å². The topological polar surface area (TPSA) is 40.7 Å². The van der Waals surface area contributed by atoms with Crippen LogP contribution in [0.1, 0.15) is 5.82 Å². The van der Waals surface area contributed by atoms with Gasteiger partial charge in [-0.05, 0) is 24.3 Å². The van der Waals surface area contributed by atoms with E-state index in [0.717, 1.165) is 5.52 Å². The van der Waals surface area contributed by atoms with Gasteiger partial charge >= 0.3 is 0 Å². The molecule has 3 rings (SSSR count). The van der Waals surface area contributed by atoms with E-state index in [-0.39, 0.29) is 5.82 Å². The Morgan fingerprint density at radius 2 is 1.90 bits per heavy atom. The molecule has 0 amide bonds. The molecule has 0 spiro atoms. The van der Waals surface area contributed by atoms with Gasteiger partial charge in [-0.1, -0.05) is 29.3 Å². The summed E-state index contributed by atoms with van der Waals surface area (Å²) < 4.78 is 13.1. The highest BCUT2D eigenvalue weighted by Crippen LogP contribution is 2.30. The second kappa shape index (κ2) is 5.31. The molecule has 0 atom stereocenters. The highest BCUT2D eigenvalue weighted by molar-refractivity contribution is 6.39. The molecule has 0 radical (unpaired) electrons. The summed E-state index contributed by atoms with van der Waals surface area (Å²) in [6.45, 7) is 0.416. The van der Waals surface area contributed by atoms with Crippen LogP contribution in [-0.4, -0.2) is 9.97 Å². The van der Waals surface area contributed by atoms with Gasteiger partial charge in [0, 0.05) is 6.07 Å². The Bertz CT molecular complexity index is 750. The van der Waals surface area contributed by atoms with E-state index in [1.807, 2.05) is 0 Å². The Morgan fingerprint density at radius 3 is 2.65 bits per heavy atom. The van der Waals surface area contributed by atoms with Gasteiger partial charge < -0.3 is 10.3 Å². The number of aromatic nitrogens is 2. The minimum atomic E-state index is -0.308. The smallest absolute Gasteiger partial charge is 0.126 e. The van der Waals surface area contributed by atoms with Crippen molar-refractivity contribution in [1.29, 1.82) is 0 Å². The molecule has 2 N–H and O–H groups in total. The molecule has 6 heteroatoms. The Labute approximate surface area is 124 Å². The predicted octanol–water partition coefficient (Wildman–Crippen LogP) is 4.62. The zero-order valence-electron chi connectivity index (χ0n) is 10.3. The molecule has 0 unspecified atom stereocenters. The van der Waals surface area contributed by atoms with Gasteiger partial charge in [-0.25, -0.2) is 9.37 Å². The van der Waals surface area contributed by atoms with Gasteiger partial charge in [0.05, 0.1) is 33.3 Å². The number of nitrogens with one attached hydrogen (secondary N) is 2. The summed E-state index contributed by atoms with van der Waals surface area (Å²) in [4.78, 5) is 7.41. The van der Waals surface area contributed by atoms with E-state index in [0.29, 0.717) is 33.6 Å². The Hall–Kier alpha value is -1.78. The van der Waals surface area contributed by atoms with Crippen molar-refractivity contribution in [1.82, 2.24) is 9.97 Å². The standard InChI is InChI=1S/C14H10Cl2FN3/c15-9-2-1-3-10(16)14(9)18-7-13-19-11-5-4-8(17)6-12(11)20-13/h1-6,18H,7H2,(H,19,20). The van der Waals surface area contributed by atoms with Crippen molar-refractivity contribution < 1.29 is 4.39 Å². The van der Waals surface area contributed by atoms with E-state index < -0.39 is 0 Å². The van der Waals surface area contributed by atoms with Crippen molar-refractivity contribution in [3.63, 3.8) is 0 Å². The predicted molar refractivity (Wildman–Crippen MR) is 79.8 cm³/mol. The summed E-state index contributed by atoms with van der Waals surface area (Å²) in [5.41, 5.74) is 2.03. The Kier molecular flexibility index (Phi) is 3.51. The third kappa shape index (κ3) is 2.57. The zero-order chi connectivity index (χ0) is 14.1. The minimum Gasteiger partial charge on any atom is -0.375 e. The first-order chi connectivity index (χ1) is 9.63. The fourth-order valence-corrected chi connectivity index (χ4v) is 2.49. The number of aromatic amines is 1. The molecule has 0 saturated heterocycles. The van der Waals surface area contributed by atoms with Gasteiger partial charge in [0.25, 0.3) is 0 Å². The summed E-state index contributed by atoms with van der Waals surface area (Å²) in [5, 5.41) is 4.20. The molecule has 0 saturated carbocycles. The number of imidazole rings is 1. The molecule has 102 valence electrons. The van der Waals surface area contributed by atoms with Crippen LogP contribution in [0.5, 0.6) is 0 Å². The molecule has 0 aliphatic heterocycles. The summed E-state index contributed by atoms with van der Waals surface area (Å²) in [7, 11) is 0. The third-order valence-electron chi connectivity index (χ3n) is 2.89. The molecule has 0 fully saturated rings. The van der Waals surface area contributed by atoms with Gasteiger partial charge in [-0.3, -0.25) is 0 Å². The van der Waals surface area contributed by atoms with E-state index in [4.69, 9.17) is 23.2 Å². The van der Waals surface area contributed by atoms with Gasteiger partial charge in [-0.15, -0.1) is 0 Å². The van der Waals surface area contributed by atoms with Crippen LogP contribution < -0.4 is 5.32 Å². The van der Waals surface area contributed by atoms with Crippen molar-refractivity contribution in [3.05, 3.63) is 58.1 Å². The van der Waals surface area contributed by atoms with Crippen LogP contribution in [-0.2, 0) is 6.54 Å². The molecule has 1 heterocycles. The summed E-state index contributed by atoms with van der Waals surface area (Å²) in [5.74, 6) is 0.374. The first-order valence-corrected chi connectivity index (χ1v) is 6.71. The van der Waals surface area contributed by atoms with Gasteiger partial charge in [0.1, 0.15) is 11.6 Å². The number of rotatable bonds is 3. The first-order valence-electron chi connectivity index (χ1n) is 5.95. The molecule has 20 heavy (non-hydrogen) atoms.